The van der Waals surface area contributed by atoms with Gasteiger partial charge in [0.25, 0.3) is 5.56 Å². The van der Waals surface area contributed by atoms with Gasteiger partial charge in [-0.15, -0.1) is 0 Å². The van der Waals surface area contributed by atoms with Gasteiger partial charge in [-0.3, -0.25) is 9.18 Å². The molecule has 0 N–H and O–H groups in total. The summed E-state index contributed by atoms with van der Waals surface area (Å²) >= 11 is 0. The van der Waals surface area contributed by atoms with E-state index in [9.17, 15) is 18.0 Å². The van der Waals surface area contributed by atoms with Crippen LogP contribution in [0.2, 0.25) is 0 Å². The summed E-state index contributed by atoms with van der Waals surface area (Å²) in [4.78, 5) is 16.6. The fraction of sp³-hybridized carbons (Fsp3) is 0.227. The number of halogens is 3. The molecule has 2 aromatic carbocycles. The van der Waals surface area contributed by atoms with Crippen LogP contribution in [0, 0.1) is 11.6 Å². The molecule has 0 amide bonds. The van der Waals surface area contributed by atoms with Gasteiger partial charge in [-0.25, -0.2) is 18.5 Å². The van der Waals surface area contributed by atoms with Crippen LogP contribution >= 0.6 is 0 Å². The number of hydrogen-bond donors (Lipinski definition) is 0. The van der Waals surface area contributed by atoms with Crippen LogP contribution in [-0.2, 0) is 11.3 Å². The van der Waals surface area contributed by atoms with E-state index in [1.165, 1.54) is 28.9 Å². The maximum absolute atomic E-state index is 13.5. The molecule has 3 aromatic rings. The molecule has 30 heavy (non-hydrogen) atoms. The van der Waals surface area contributed by atoms with Crippen LogP contribution in [0.15, 0.2) is 64.4 Å². The molecule has 4 rings (SSSR count). The number of benzene rings is 2. The molecule has 2 heterocycles. The van der Waals surface area contributed by atoms with Crippen molar-refractivity contribution in [2.24, 2.45) is 4.99 Å². The van der Waals surface area contributed by atoms with E-state index < -0.39 is 11.6 Å². The highest BCUT2D eigenvalue weighted by Gasteiger charge is 2.17. The summed E-state index contributed by atoms with van der Waals surface area (Å²) in [5, 5.41) is 4.27. The molecule has 0 aliphatic carbocycles. The Morgan fingerprint density at radius 3 is 2.43 bits per heavy atom. The topological polar surface area (TPSA) is 56.5 Å². The van der Waals surface area contributed by atoms with E-state index in [1.54, 1.807) is 0 Å². The van der Waals surface area contributed by atoms with Crippen LogP contribution in [0.1, 0.15) is 18.1 Å². The second-order valence-electron chi connectivity index (χ2n) is 6.65. The minimum Gasteiger partial charge on any atom is -0.472 e. The Morgan fingerprint density at radius 1 is 1.03 bits per heavy atom. The molecule has 1 aromatic heterocycles. The first-order chi connectivity index (χ1) is 14.5. The molecule has 0 saturated heterocycles. The fourth-order valence-electron chi connectivity index (χ4n) is 3.03. The zero-order valence-corrected chi connectivity index (χ0v) is 16.5. The van der Waals surface area contributed by atoms with Crippen LogP contribution in [0.4, 0.5) is 13.2 Å². The highest BCUT2D eigenvalue weighted by molar-refractivity contribution is 5.95. The van der Waals surface area contributed by atoms with Crippen LogP contribution in [0.3, 0.4) is 0 Å². The molecule has 0 saturated carbocycles. The molecule has 0 spiro atoms. The monoisotopic (exact) mass is 415 g/mol. The van der Waals surface area contributed by atoms with Gasteiger partial charge in [0.05, 0.1) is 26.0 Å². The molecule has 1 unspecified atom stereocenters. The normalized spacial score (nSPS) is 15.1. The van der Waals surface area contributed by atoms with Crippen LogP contribution in [0.25, 0.3) is 11.3 Å². The minimum atomic E-state index is -0.700. The molecular formula is C22H20F3N3O2. The van der Waals surface area contributed by atoms with Crippen molar-refractivity contribution in [3.63, 3.8) is 0 Å². The lowest BCUT2D eigenvalue weighted by Crippen LogP contribution is -2.23. The third kappa shape index (κ3) is 4.94. The Labute approximate surface area is 171 Å². The average Bonchev–Trinajstić information content (AvgIpc) is 3.17. The quantitative estimate of drug-likeness (QED) is 0.648. The van der Waals surface area contributed by atoms with E-state index in [-0.39, 0.29) is 23.8 Å². The standard InChI is InChI=1S/C21H17F2N3O2.CH3F/c1-13-11-24-21(28-13)15-4-2-3-14(7-15)12-26-20(27)6-5-19(25-26)16-8-17(22)10-18(23)9-16;1-2/h2-10,13H,11-12H2,1H3;1H3. The maximum Gasteiger partial charge on any atom is 0.267 e. The number of rotatable bonds is 4. The summed E-state index contributed by atoms with van der Waals surface area (Å²) in [5.74, 6) is -0.818. The van der Waals surface area contributed by atoms with Gasteiger partial charge in [0.15, 0.2) is 0 Å². The van der Waals surface area contributed by atoms with E-state index in [2.05, 4.69) is 10.1 Å². The van der Waals surface area contributed by atoms with E-state index >= 15 is 0 Å². The Kier molecular flexibility index (Phi) is 6.66. The predicted octanol–water partition coefficient (Wildman–Crippen LogP) is 3.99. The third-order valence-electron chi connectivity index (χ3n) is 4.34. The Bertz CT molecular complexity index is 1110. The van der Waals surface area contributed by atoms with Crippen molar-refractivity contribution in [1.82, 2.24) is 9.78 Å². The highest BCUT2D eigenvalue weighted by atomic mass is 19.1. The van der Waals surface area contributed by atoms with Gasteiger partial charge in [0, 0.05) is 23.3 Å². The smallest absolute Gasteiger partial charge is 0.267 e. The molecule has 0 fully saturated rings. The molecule has 156 valence electrons. The van der Waals surface area contributed by atoms with Crippen molar-refractivity contribution < 1.29 is 17.9 Å². The SMILES string of the molecule is CC1CN=C(c2cccc(Cn3nc(-c4cc(F)cc(F)c4)ccc3=O)c2)O1.CF. The largest absolute Gasteiger partial charge is 0.472 e. The summed E-state index contributed by atoms with van der Waals surface area (Å²) < 4.78 is 43.4. The molecule has 0 bridgehead atoms. The lowest BCUT2D eigenvalue weighted by Gasteiger charge is -2.10. The van der Waals surface area contributed by atoms with Crippen molar-refractivity contribution in [3.8, 4) is 11.3 Å². The first-order valence-electron chi connectivity index (χ1n) is 9.21. The van der Waals surface area contributed by atoms with Gasteiger partial charge >= 0.3 is 0 Å². The third-order valence-corrected chi connectivity index (χ3v) is 4.34. The average molecular weight is 415 g/mol. The van der Waals surface area contributed by atoms with Crippen LogP contribution < -0.4 is 5.56 Å². The van der Waals surface area contributed by atoms with E-state index in [0.717, 1.165) is 17.2 Å². The zero-order valence-electron chi connectivity index (χ0n) is 16.5. The van der Waals surface area contributed by atoms with Crippen molar-refractivity contribution in [2.75, 3.05) is 13.7 Å². The minimum absolute atomic E-state index is 0.0475. The van der Waals surface area contributed by atoms with Gasteiger partial charge < -0.3 is 4.74 Å². The predicted molar refractivity (Wildman–Crippen MR) is 108 cm³/mol. The number of nitrogens with zero attached hydrogens (tertiary/aromatic N) is 3. The summed E-state index contributed by atoms with van der Waals surface area (Å²) in [6.07, 6.45) is 0.0475. The van der Waals surface area contributed by atoms with Gasteiger partial charge in [-0.1, -0.05) is 12.1 Å². The second-order valence-corrected chi connectivity index (χ2v) is 6.65. The summed E-state index contributed by atoms with van der Waals surface area (Å²) in [5.41, 5.74) is 1.93. The van der Waals surface area contributed by atoms with Crippen molar-refractivity contribution in [1.29, 1.82) is 0 Å². The van der Waals surface area contributed by atoms with E-state index in [0.29, 0.717) is 25.3 Å². The van der Waals surface area contributed by atoms with Crippen LogP contribution in [-0.4, -0.2) is 35.5 Å². The number of alkyl halides is 1. The molecule has 5 nitrogen and oxygen atoms in total. The number of aromatic nitrogens is 2. The number of hydrogen-bond acceptors (Lipinski definition) is 4. The lowest BCUT2D eigenvalue weighted by molar-refractivity contribution is 0.246. The Morgan fingerprint density at radius 2 is 1.77 bits per heavy atom. The van der Waals surface area contributed by atoms with Gasteiger partial charge in [-0.2, -0.15) is 5.10 Å². The first-order valence-corrected chi connectivity index (χ1v) is 9.21. The van der Waals surface area contributed by atoms with Crippen LogP contribution in [0.5, 0.6) is 0 Å². The van der Waals surface area contributed by atoms with E-state index in [1.807, 2.05) is 31.2 Å². The molecule has 0 radical (unpaired) electrons. The summed E-state index contributed by atoms with van der Waals surface area (Å²) in [6, 6.07) is 13.4. The maximum atomic E-state index is 13.5. The number of ether oxygens (including phenoxy) is 1. The second kappa shape index (κ2) is 9.39. The lowest BCUT2D eigenvalue weighted by atomic mass is 10.1. The number of aliphatic imine (C=N–C) groups is 1. The van der Waals surface area contributed by atoms with Gasteiger partial charge in [-0.05, 0) is 42.8 Å². The first kappa shape index (κ1) is 21.3. The van der Waals surface area contributed by atoms with Crippen molar-refractivity contribution in [2.45, 2.75) is 19.6 Å². The Balaban J connectivity index is 0.00000124. The molecule has 1 aliphatic heterocycles. The van der Waals surface area contributed by atoms with E-state index in [4.69, 9.17) is 4.74 Å². The van der Waals surface area contributed by atoms with Crippen molar-refractivity contribution in [3.05, 3.63) is 87.7 Å². The van der Waals surface area contributed by atoms with Gasteiger partial charge in [0.1, 0.15) is 17.7 Å². The molecule has 8 heteroatoms. The van der Waals surface area contributed by atoms with Gasteiger partial charge in [0.2, 0.25) is 5.90 Å². The zero-order chi connectivity index (χ0) is 21.7. The van der Waals surface area contributed by atoms with Crippen molar-refractivity contribution >= 4 is 5.90 Å². The molecular weight excluding hydrogens is 395 g/mol. The summed E-state index contributed by atoms with van der Waals surface area (Å²) in [6.45, 7) is 2.78. The Hall–Kier alpha value is -3.42. The molecule has 1 aliphatic rings. The fourth-order valence-corrected chi connectivity index (χ4v) is 3.03. The molecule has 1 atom stereocenters. The highest BCUT2D eigenvalue weighted by Crippen LogP contribution is 2.19. The summed E-state index contributed by atoms with van der Waals surface area (Å²) in [7, 11) is 0.500.